The van der Waals surface area contributed by atoms with Gasteiger partial charge in [-0.1, -0.05) is 37.0 Å². The highest BCUT2D eigenvalue weighted by Gasteiger charge is 2.39. The quantitative estimate of drug-likeness (QED) is 0.187. The molecule has 0 spiro atoms. The van der Waals surface area contributed by atoms with Gasteiger partial charge in [0.2, 0.25) is 17.7 Å². The molecule has 2 aromatic carbocycles. The van der Waals surface area contributed by atoms with Crippen molar-refractivity contribution >= 4 is 75.7 Å². The molecule has 1 aliphatic rings. The van der Waals surface area contributed by atoms with E-state index in [1.165, 1.54) is 25.6 Å². The summed E-state index contributed by atoms with van der Waals surface area (Å²) in [5.74, 6) is -1.41. The number of carbonyl (C=O) groups is 3. The summed E-state index contributed by atoms with van der Waals surface area (Å²) in [5.41, 5.74) is 0.310. The first-order valence-electron chi connectivity index (χ1n) is 14.1. The van der Waals surface area contributed by atoms with Gasteiger partial charge in [0.05, 0.1) is 40.4 Å². The molecule has 3 atom stereocenters. The lowest BCUT2D eigenvalue weighted by atomic mass is 9.77. The van der Waals surface area contributed by atoms with Crippen LogP contribution in [0.15, 0.2) is 30.6 Å². The molecule has 1 aliphatic heterocycles. The van der Waals surface area contributed by atoms with E-state index in [-0.39, 0.29) is 34.6 Å². The zero-order valence-electron chi connectivity index (χ0n) is 25.5. The maximum absolute atomic E-state index is 14.9. The van der Waals surface area contributed by atoms with Gasteiger partial charge in [-0.2, -0.15) is 0 Å². The van der Waals surface area contributed by atoms with Gasteiger partial charge in [-0.15, -0.1) is 12.4 Å². The summed E-state index contributed by atoms with van der Waals surface area (Å²) in [6.45, 7) is 5.99. The number of halogens is 4. The second-order valence-corrected chi connectivity index (χ2v) is 12.2. The van der Waals surface area contributed by atoms with Gasteiger partial charge < -0.3 is 26.0 Å². The van der Waals surface area contributed by atoms with E-state index < -0.39 is 47.1 Å². The molecule has 11 nitrogen and oxygen atoms in total. The number of nitrogens with zero attached hydrogens (tertiary/aromatic N) is 2. The van der Waals surface area contributed by atoms with E-state index in [1.54, 1.807) is 26.1 Å². The summed E-state index contributed by atoms with van der Waals surface area (Å²) in [6.07, 6.45) is 3.01. The molecule has 4 rings (SSSR count). The first kappa shape index (κ1) is 36.2. The number of anilines is 2. The van der Waals surface area contributed by atoms with E-state index in [4.69, 9.17) is 27.9 Å². The van der Waals surface area contributed by atoms with Crippen LogP contribution in [-0.2, 0) is 20.8 Å². The van der Waals surface area contributed by atoms with E-state index in [2.05, 4.69) is 36.6 Å². The van der Waals surface area contributed by atoms with Crippen LogP contribution in [0.25, 0.3) is 10.9 Å². The van der Waals surface area contributed by atoms with Crippen LogP contribution in [0, 0.1) is 11.2 Å². The minimum atomic E-state index is -1.09. The number of aromatic nitrogens is 2. The molecule has 5 N–H and O–H groups in total. The number of hydrogen-bond acceptors (Lipinski definition) is 9. The number of imide groups is 1. The molecule has 3 amide bonds. The topological polar surface area (TPSA) is 146 Å². The predicted octanol–water partition coefficient (Wildman–Crippen LogP) is 4.31. The third-order valence-electron chi connectivity index (χ3n) is 7.75. The Morgan fingerprint density at radius 3 is 2.56 bits per heavy atom. The smallest absolute Gasteiger partial charge is 0.249 e. The van der Waals surface area contributed by atoms with Gasteiger partial charge in [0, 0.05) is 11.5 Å². The molecular weight excluding hydrogens is 648 g/mol. The van der Waals surface area contributed by atoms with E-state index in [9.17, 15) is 18.8 Å². The van der Waals surface area contributed by atoms with Crippen LogP contribution < -0.4 is 31.3 Å². The third-order valence-corrected chi connectivity index (χ3v) is 8.53. The second-order valence-electron chi connectivity index (χ2n) is 11.4. The normalized spacial score (nSPS) is 16.0. The predicted molar refractivity (Wildman–Crippen MR) is 175 cm³/mol. The number of carbonyl (C=O) groups excluding carboxylic acids is 3. The first-order valence-corrected chi connectivity index (χ1v) is 14.9. The number of benzene rings is 2. The van der Waals surface area contributed by atoms with Gasteiger partial charge >= 0.3 is 0 Å². The average molecular weight is 685 g/mol. The molecule has 0 unspecified atom stereocenters. The van der Waals surface area contributed by atoms with Crippen LogP contribution in [0.5, 0.6) is 5.75 Å². The van der Waals surface area contributed by atoms with E-state index in [0.29, 0.717) is 41.0 Å². The second kappa shape index (κ2) is 15.3. The summed E-state index contributed by atoms with van der Waals surface area (Å²) >= 11 is 12.0. The van der Waals surface area contributed by atoms with Crippen molar-refractivity contribution in [2.45, 2.75) is 58.2 Å². The highest BCUT2D eigenvalue weighted by molar-refractivity contribution is 6.42. The minimum absolute atomic E-state index is 0. The molecule has 1 fully saturated rings. The Kier molecular flexibility index (Phi) is 12.3. The van der Waals surface area contributed by atoms with Crippen molar-refractivity contribution in [2.24, 2.45) is 5.41 Å². The van der Waals surface area contributed by atoms with Gasteiger partial charge in [-0.3, -0.25) is 19.7 Å². The van der Waals surface area contributed by atoms with Crippen LogP contribution in [-0.4, -0.2) is 66.5 Å². The number of amides is 3. The highest BCUT2D eigenvalue weighted by Crippen LogP contribution is 2.37. The summed E-state index contributed by atoms with van der Waals surface area (Å²) < 4.78 is 20.5. The lowest BCUT2D eigenvalue weighted by Gasteiger charge is -2.35. The molecule has 1 aromatic heterocycles. The van der Waals surface area contributed by atoms with Crippen LogP contribution in [0.2, 0.25) is 10.0 Å². The van der Waals surface area contributed by atoms with Crippen molar-refractivity contribution in [1.82, 2.24) is 31.2 Å². The SMILES string of the molecule is CN[C@@H](C)C(=O)N[C@H](C(=O)NC(=O)[C@@H]1CCCN1)C(C)(C)Cc1cc2c(Nc3ccc(Cl)c(Cl)c3F)ncnc2cc1OC.Cl. The highest BCUT2D eigenvalue weighted by atomic mass is 35.5. The zero-order valence-corrected chi connectivity index (χ0v) is 27.8. The molecule has 15 heteroatoms. The Hall–Kier alpha value is -3.29. The summed E-state index contributed by atoms with van der Waals surface area (Å²) in [5, 5.41) is 14.6. The van der Waals surface area contributed by atoms with Gasteiger partial charge in [0.25, 0.3) is 0 Å². The lowest BCUT2D eigenvalue weighted by Crippen LogP contribution is -2.59. The lowest BCUT2D eigenvalue weighted by molar-refractivity contribution is -0.137. The Balaban J connectivity index is 0.00000552. The van der Waals surface area contributed by atoms with Crippen LogP contribution >= 0.6 is 35.6 Å². The first-order chi connectivity index (χ1) is 20.9. The Morgan fingerprint density at radius 1 is 1.18 bits per heavy atom. The van der Waals surface area contributed by atoms with Crippen LogP contribution in [0.1, 0.15) is 39.2 Å². The molecule has 2 heterocycles. The van der Waals surface area contributed by atoms with E-state index >= 15 is 0 Å². The van der Waals surface area contributed by atoms with Gasteiger partial charge in [0.1, 0.15) is 23.9 Å². The maximum Gasteiger partial charge on any atom is 0.249 e. The molecule has 0 bridgehead atoms. The molecule has 0 aliphatic carbocycles. The van der Waals surface area contributed by atoms with Crippen molar-refractivity contribution in [3.8, 4) is 5.75 Å². The van der Waals surface area contributed by atoms with Crippen molar-refractivity contribution in [3.05, 3.63) is 52.0 Å². The number of likely N-dealkylation sites (N-methyl/N-ethyl adjacent to an activating group) is 1. The standard InChI is InChI=1S/C30H36Cl2FN7O4.ClH/c1-15(34-4)27(41)39-25(29(43)40-28(42)20-7-6-10-35-20)30(2,3)13-16-11-17-21(12-22(16)44-5)36-14-37-26(17)38-19-9-8-18(31)23(32)24(19)33;/h8-9,11-12,14-15,20,25,34-35H,6-7,10,13H2,1-5H3,(H,39,41)(H,36,37,38)(H,40,42,43);1H/t15-,20-,25+;/m0./s1. The summed E-state index contributed by atoms with van der Waals surface area (Å²) in [4.78, 5) is 48.0. The van der Waals surface area contributed by atoms with Crippen molar-refractivity contribution in [1.29, 1.82) is 0 Å². The fourth-order valence-electron chi connectivity index (χ4n) is 5.10. The van der Waals surface area contributed by atoms with Gasteiger partial charge in [0.15, 0.2) is 5.82 Å². The molecule has 0 saturated carbocycles. The Morgan fingerprint density at radius 2 is 1.91 bits per heavy atom. The van der Waals surface area contributed by atoms with Crippen molar-refractivity contribution in [2.75, 3.05) is 26.0 Å². The van der Waals surface area contributed by atoms with E-state index in [1.807, 2.05) is 13.8 Å². The zero-order chi connectivity index (χ0) is 32.2. The largest absolute Gasteiger partial charge is 0.496 e. The molecule has 0 radical (unpaired) electrons. The van der Waals surface area contributed by atoms with Crippen molar-refractivity contribution < 1.29 is 23.5 Å². The number of fused-ring (bicyclic) bond motifs is 1. The van der Waals surface area contributed by atoms with Crippen molar-refractivity contribution in [3.63, 3.8) is 0 Å². The molecule has 244 valence electrons. The Bertz CT molecular complexity index is 1570. The fourth-order valence-corrected chi connectivity index (χ4v) is 5.41. The number of rotatable bonds is 11. The van der Waals surface area contributed by atoms with Gasteiger partial charge in [-0.25, -0.2) is 14.4 Å². The summed E-state index contributed by atoms with van der Waals surface area (Å²) in [6, 6.07) is 4.27. The summed E-state index contributed by atoms with van der Waals surface area (Å²) in [7, 11) is 3.15. The molecule has 45 heavy (non-hydrogen) atoms. The van der Waals surface area contributed by atoms with E-state index in [0.717, 1.165) is 6.42 Å². The monoisotopic (exact) mass is 683 g/mol. The Labute approximate surface area is 277 Å². The third kappa shape index (κ3) is 8.30. The average Bonchev–Trinajstić information content (AvgIpc) is 3.54. The van der Waals surface area contributed by atoms with Crippen LogP contribution in [0.4, 0.5) is 15.9 Å². The number of ether oxygens (including phenoxy) is 1. The fraction of sp³-hybridized carbons (Fsp3) is 0.433. The molecule has 3 aromatic rings. The minimum Gasteiger partial charge on any atom is -0.496 e. The van der Waals surface area contributed by atoms with Crippen LogP contribution in [0.3, 0.4) is 0 Å². The van der Waals surface area contributed by atoms with Gasteiger partial charge in [-0.05, 0) is 69.0 Å². The number of hydrogen-bond donors (Lipinski definition) is 5. The maximum atomic E-state index is 14.9. The molecular formula is C30H37Cl3FN7O4. The number of nitrogens with one attached hydrogen (secondary N) is 5. The molecule has 1 saturated heterocycles. The number of methoxy groups -OCH3 is 1.